The van der Waals surface area contributed by atoms with E-state index in [9.17, 15) is 9.59 Å². The summed E-state index contributed by atoms with van der Waals surface area (Å²) >= 11 is 0. The summed E-state index contributed by atoms with van der Waals surface area (Å²) in [5.41, 5.74) is 0.613. The number of carboxylic acids is 1. The number of hydrogen-bond donors (Lipinski definition) is 2. The van der Waals surface area contributed by atoms with Gasteiger partial charge in [0.25, 0.3) is 0 Å². The van der Waals surface area contributed by atoms with E-state index in [0.717, 1.165) is 6.42 Å². The van der Waals surface area contributed by atoms with E-state index < -0.39 is 5.97 Å². The first-order chi connectivity index (χ1) is 9.83. The van der Waals surface area contributed by atoms with Gasteiger partial charge in [-0.25, -0.2) is 4.79 Å². The molecule has 0 fully saturated rings. The van der Waals surface area contributed by atoms with Crippen molar-refractivity contribution in [1.82, 2.24) is 0 Å². The number of anilines is 1. The van der Waals surface area contributed by atoms with Gasteiger partial charge in [-0.2, -0.15) is 0 Å². The normalized spacial score (nSPS) is 12.0. The van der Waals surface area contributed by atoms with Gasteiger partial charge >= 0.3 is 5.97 Å². The summed E-state index contributed by atoms with van der Waals surface area (Å²) in [5, 5.41) is 11.7. The summed E-state index contributed by atoms with van der Waals surface area (Å²) in [6.07, 6.45) is 1.42. The molecule has 1 rings (SSSR count). The summed E-state index contributed by atoms with van der Waals surface area (Å²) < 4.78 is 5.13. The third-order valence-electron chi connectivity index (χ3n) is 3.13. The van der Waals surface area contributed by atoms with E-state index in [0.29, 0.717) is 29.7 Å². The van der Waals surface area contributed by atoms with E-state index in [1.165, 1.54) is 19.2 Å². The molecule has 2 N–H and O–H groups in total. The Labute approximate surface area is 125 Å². The maximum Gasteiger partial charge on any atom is 0.335 e. The third kappa shape index (κ3) is 5.45. The van der Waals surface area contributed by atoms with Crippen molar-refractivity contribution in [2.75, 3.05) is 12.4 Å². The molecule has 1 aromatic carbocycles. The van der Waals surface area contributed by atoms with Crippen molar-refractivity contribution in [3.8, 4) is 5.75 Å². The summed E-state index contributed by atoms with van der Waals surface area (Å²) in [7, 11) is 1.44. The van der Waals surface area contributed by atoms with Crippen LogP contribution in [0.15, 0.2) is 18.2 Å². The second kappa shape index (κ2) is 7.67. The third-order valence-corrected chi connectivity index (χ3v) is 3.13. The number of rotatable bonds is 7. The SMILES string of the molecule is COc1cc(C(=O)O)ccc1NC(=O)CC(C)CC(C)C. The lowest BCUT2D eigenvalue weighted by atomic mass is 9.96. The maximum absolute atomic E-state index is 12.0. The molecule has 1 aromatic rings. The molecule has 0 radical (unpaired) electrons. The number of nitrogens with one attached hydrogen (secondary N) is 1. The van der Waals surface area contributed by atoms with Crippen LogP contribution >= 0.6 is 0 Å². The van der Waals surface area contributed by atoms with Crippen molar-refractivity contribution >= 4 is 17.6 Å². The average Bonchev–Trinajstić information content (AvgIpc) is 2.37. The molecule has 0 aromatic heterocycles. The van der Waals surface area contributed by atoms with Crippen LogP contribution in [0.1, 0.15) is 44.0 Å². The van der Waals surface area contributed by atoms with E-state index in [2.05, 4.69) is 19.2 Å². The summed E-state index contributed by atoms with van der Waals surface area (Å²) in [6.45, 7) is 6.30. The number of carbonyl (C=O) groups is 2. The quantitative estimate of drug-likeness (QED) is 0.808. The zero-order valence-corrected chi connectivity index (χ0v) is 13.0. The molecule has 0 bridgehead atoms. The molecule has 0 heterocycles. The molecule has 5 nitrogen and oxygen atoms in total. The lowest BCUT2D eigenvalue weighted by molar-refractivity contribution is -0.117. The summed E-state index contributed by atoms with van der Waals surface area (Å²) in [5.74, 6) is 0.0764. The van der Waals surface area contributed by atoms with Crippen LogP contribution in [-0.4, -0.2) is 24.1 Å². The fraction of sp³-hybridized carbons (Fsp3) is 0.500. The van der Waals surface area contributed by atoms with Gasteiger partial charge < -0.3 is 15.2 Å². The van der Waals surface area contributed by atoms with Gasteiger partial charge in [-0.3, -0.25) is 4.79 Å². The summed E-state index contributed by atoms with van der Waals surface area (Å²) in [6, 6.07) is 4.39. The highest BCUT2D eigenvalue weighted by Gasteiger charge is 2.14. The number of carbonyl (C=O) groups excluding carboxylic acids is 1. The Bertz CT molecular complexity index is 511. The molecule has 21 heavy (non-hydrogen) atoms. The summed E-state index contributed by atoms with van der Waals surface area (Å²) in [4.78, 5) is 22.9. The first-order valence-corrected chi connectivity index (χ1v) is 7.04. The maximum atomic E-state index is 12.0. The minimum absolute atomic E-state index is 0.0930. The smallest absolute Gasteiger partial charge is 0.335 e. The molecule has 0 saturated carbocycles. The lowest BCUT2D eigenvalue weighted by Gasteiger charge is -2.15. The van der Waals surface area contributed by atoms with Crippen molar-refractivity contribution in [2.24, 2.45) is 11.8 Å². The fourth-order valence-corrected chi connectivity index (χ4v) is 2.33. The molecule has 0 spiro atoms. The number of aromatic carboxylic acids is 1. The van der Waals surface area contributed by atoms with Crippen molar-refractivity contribution in [1.29, 1.82) is 0 Å². The van der Waals surface area contributed by atoms with Crippen molar-refractivity contribution in [2.45, 2.75) is 33.6 Å². The average molecular weight is 293 g/mol. The van der Waals surface area contributed by atoms with Crippen LogP contribution in [0.4, 0.5) is 5.69 Å². The van der Waals surface area contributed by atoms with Crippen molar-refractivity contribution < 1.29 is 19.4 Å². The number of ether oxygens (including phenoxy) is 1. The van der Waals surface area contributed by atoms with Crippen LogP contribution in [0.5, 0.6) is 5.75 Å². The molecule has 0 aliphatic carbocycles. The number of benzene rings is 1. The van der Waals surface area contributed by atoms with Gasteiger partial charge in [0, 0.05) is 6.42 Å². The van der Waals surface area contributed by atoms with Crippen LogP contribution in [-0.2, 0) is 4.79 Å². The Hall–Kier alpha value is -2.04. The van der Waals surface area contributed by atoms with Crippen molar-refractivity contribution in [3.63, 3.8) is 0 Å². The van der Waals surface area contributed by atoms with Crippen LogP contribution < -0.4 is 10.1 Å². The van der Waals surface area contributed by atoms with Crippen LogP contribution in [0.3, 0.4) is 0 Å². The molecule has 0 saturated heterocycles. The molecular formula is C16H23NO4. The van der Waals surface area contributed by atoms with Crippen LogP contribution in [0.2, 0.25) is 0 Å². The van der Waals surface area contributed by atoms with E-state index in [1.54, 1.807) is 6.07 Å². The topological polar surface area (TPSA) is 75.6 Å². The highest BCUT2D eigenvalue weighted by molar-refractivity contribution is 5.94. The minimum Gasteiger partial charge on any atom is -0.495 e. The van der Waals surface area contributed by atoms with Gasteiger partial charge in [-0.1, -0.05) is 20.8 Å². The standard InChI is InChI=1S/C16H23NO4/c1-10(2)7-11(3)8-15(18)17-13-6-5-12(16(19)20)9-14(13)21-4/h5-6,9-11H,7-8H2,1-4H3,(H,17,18)(H,19,20). The number of methoxy groups -OCH3 is 1. The molecule has 1 atom stereocenters. The van der Waals surface area contributed by atoms with E-state index >= 15 is 0 Å². The van der Waals surface area contributed by atoms with Gasteiger partial charge in [0.05, 0.1) is 18.4 Å². The number of amides is 1. The Balaban J connectivity index is 2.74. The fourth-order valence-electron chi connectivity index (χ4n) is 2.33. The van der Waals surface area contributed by atoms with Crippen LogP contribution in [0.25, 0.3) is 0 Å². The minimum atomic E-state index is -1.03. The monoisotopic (exact) mass is 293 g/mol. The van der Waals surface area contributed by atoms with E-state index in [4.69, 9.17) is 9.84 Å². The Morgan fingerprint density at radius 3 is 2.48 bits per heavy atom. The molecule has 116 valence electrons. The van der Waals surface area contributed by atoms with Gasteiger partial charge in [-0.15, -0.1) is 0 Å². The van der Waals surface area contributed by atoms with Gasteiger partial charge in [0.15, 0.2) is 0 Å². The zero-order chi connectivity index (χ0) is 16.0. The second-order valence-corrected chi connectivity index (χ2v) is 5.71. The zero-order valence-electron chi connectivity index (χ0n) is 13.0. The number of carboxylic acid groups (broad SMARTS) is 1. The van der Waals surface area contributed by atoms with Crippen molar-refractivity contribution in [3.05, 3.63) is 23.8 Å². The first kappa shape index (κ1) is 17.0. The Kier molecular flexibility index (Phi) is 6.21. The molecule has 1 unspecified atom stereocenters. The second-order valence-electron chi connectivity index (χ2n) is 5.71. The number of hydrogen-bond acceptors (Lipinski definition) is 3. The largest absolute Gasteiger partial charge is 0.495 e. The predicted octanol–water partition coefficient (Wildman–Crippen LogP) is 3.40. The van der Waals surface area contributed by atoms with Gasteiger partial charge in [-0.05, 0) is 36.5 Å². The van der Waals surface area contributed by atoms with E-state index in [-0.39, 0.29) is 11.5 Å². The predicted molar refractivity (Wildman–Crippen MR) is 81.8 cm³/mol. The van der Waals surface area contributed by atoms with Crippen LogP contribution in [0, 0.1) is 11.8 Å². The molecule has 0 aliphatic rings. The Morgan fingerprint density at radius 2 is 1.95 bits per heavy atom. The van der Waals surface area contributed by atoms with Gasteiger partial charge in [0.1, 0.15) is 5.75 Å². The molecular weight excluding hydrogens is 270 g/mol. The molecule has 5 heteroatoms. The van der Waals surface area contributed by atoms with Gasteiger partial charge in [0.2, 0.25) is 5.91 Å². The Morgan fingerprint density at radius 1 is 1.29 bits per heavy atom. The molecule has 1 amide bonds. The first-order valence-electron chi connectivity index (χ1n) is 7.04. The molecule has 0 aliphatic heterocycles. The van der Waals surface area contributed by atoms with E-state index in [1.807, 2.05) is 6.92 Å². The highest BCUT2D eigenvalue weighted by atomic mass is 16.5. The highest BCUT2D eigenvalue weighted by Crippen LogP contribution is 2.26. The lowest BCUT2D eigenvalue weighted by Crippen LogP contribution is -2.16.